The van der Waals surface area contributed by atoms with E-state index in [1.165, 1.54) is 121 Å². The van der Waals surface area contributed by atoms with Gasteiger partial charge in [-0.1, -0.05) is 188 Å². The SMILES string of the molecule is c1ccc2c(c1)-c1ccccc1C21c2cc3ccccc3cc2-c2c1cc(-c1c3ccccc3c(-c3cccc4ccccc34)c3ccccc13)c1ccccc21. The predicted molar refractivity (Wildman–Crippen MR) is 241 cm³/mol. The van der Waals surface area contributed by atoms with Gasteiger partial charge in [0, 0.05) is 0 Å². The lowest BCUT2D eigenvalue weighted by Crippen LogP contribution is -2.26. The summed E-state index contributed by atoms with van der Waals surface area (Å²) in [6.07, 6.45) is 0. The molecule has 262 valence electrons. The second-order valence-electron chi connectivity index (χ2n) is 15.8. The van der Waals surface area contributed by atoms with E-state index in [1.807, 2.05) is 0 Å². The first-order valence-corrected chi connectivity index (χ1v) is 20.0. The van der Waals surface area contributed by atoms with Crippen LogP contribution in [-0.4, -0.2) is 0 Å². The van der Waals surface area contributed by atoms with Crippen molar-refractivity contribution in [3.05, 3.63) is 229 Å². The number of hydrogen-bond acceptors (Lipinski definition) is 0. The second kappa shape index (κ2) is 11.4. The molecule has 0 amide bonds. The molecule has 0 atom stereocenters. The van der Waals surface area contributed by atoms with Crippen molar-refractivity contribution in [2.45, 2.75) is 5.41 Å². The Morgan fingerprint density at radius 2 is 0.632 bits per heavy atom. The van der Waals surface area contributed by atoms with Crippen LogP contribution in [0.15, 0.2) is 206 Å². The van der Waals surface area contributed by atoms with Gasteiger partial charge >= 0.3 is 0 Å². The first kappa shape index (κ1) is 31.0. The molecule has 0 bridgehead atoms. The van der Waals surface area contributed by atoms with Gasteiger partial charge in [-0.25, -0.2) is 0 Å². The van der Waals surface area contributed by atoms with E-state index < -0.39 is 5.41 Å². The standard InChI is InChI=1S/C57H34/c1-2-18-37-33-52-49(32-36(37)17-1)56-43-24-6-5-21-39(43)48(34-53(56)57(52)50-30-13-11-22-40(50)41-23-12-14-31-51(41)57)55-46-27-9-7-25-44(46)54(45-26-8-10-28-47(45)55)42-29-15-19-35-16-3-4-20-38(35)42/h1-34H. The summed E-state index contributed by atoms with van der Waals surface area (Å²) in [4.78, 5) is 0. The summed E-state index contributed by atoms with van der Waals surface area (Å²) in [5.41, 5.74) is 15.5. The molecule has 57 heavy (non-hydrogen) atoms. The highest BCUT2D eigenvalue weighted by Crippen LogP contribution is 2.65. The van der Waals surface area contributed by atoms with Gasteiger partial charge in [-0.05, 0) is 139 Å². The van der Waals surface area contributed by atoms with E-state index in [1.54, 1.807) is 0 Å². The molecule has 0 saturated carbocycles. The summed E-state index contributed by atoms with van der Waals surface area (Å²) in [5.74, 6) is 0. The van der Waals surface area contributed by atoms with Gasteiger partial charge < -0.3 is 0 Å². The van der Waals surface area contributed by atoms with Crippen LogP contribution in [0.3, 0.4) is 0 Å². The van der Waals surface area contributed by atoms with Gasteiger partial charge in [-0.2, -0.15) is 0 Å². The Hall–Kier alpha value is -7.28. The maximum atomic E-state index is 2.60. The van der Waals surface area contributed by atoms with Crippen LogP contribution >= 0.6 is 0 Å². The van der Waals surface area contributed by atoms with E-state index in [0.717, 1.165) is 0 Å². The lowest BCUT2D eigenvalue weighted by molar-refractivity contribution is 0.796. The van der Waals surface area contributed by atoms with Crippen LogP contribution in [-0.2, 0) is 5.41 Å². The average molecular weight is 719 g/mol. The summed E-state index contributed by atoms with van der Waals surface area (Å²) in [5, 5.41) is 12.7. The Kier molecular flexibility index (Phi) is 6.19. The minimum absolute atomic E-state index is 0.477. The molecule has 11 aromatic rings. The van der Waals surface area contributed by atoms with Crippen molar-refractivity contribution in [1.82, 2.24) is 0 Å². The summed E-state index contributed by atoms with van der Waals surface area (Å²) in [7, 11) is 0. The van der Waals surface area contributed by atoms with Crippen molar-refractivity contribution in [1.29, 1.82) is 0 Å². The number of rotatable bonds is 2. The quantitative estimate of drug-likeness (QED) is 0.156. The molecule has 0 nitrogen and oxygen atoms in total. The van der Waals surface area contributed by atoms with Crippen LogP contribution in [0, 0.1) is 0 Å². The Bertz CT molecular complexity index is 3420. The number of hydrogen-bond donors (Lipinski definition) is 0. The highest BCUT2D eigenvalue weighted by Gasteiger charge is 2.52. The summed E-state index contributed by atoms with van der Waals surface area (Å²) >= 11 is 0. The molecule has 0 aliphatic heterocycles. The minimum atomic E-state index is -0.477. The smallest absolute Gasteiger partial charge is 0.0619 e. The molecule has 2 aliphatic carbocycles. The third-order valence-corrected chi connectivity index (χ3v) is 13.2. The maximum Gasteiger partial charge on any atom is 0.0726 e. The Morgan fingerprint density at radius 1 is 0.211 bits per heavy atom. The fourth-order valence-electron chi connectivity index (χ4n) is 11.0. The van der Waals surface area contributed by atoms with Gasteiger partial charge in [0.15, 0.2) is 0 Å². The van der Waals surface area contributed by atoms with E-state index >= 15 is 0 Å². The molecule has 0 aromatic heterocycles. The summed E-state index contributed by atoms with van der Waals surface area (Å²) in [6.45, 7) is 0. The van der Waals surface area contributed by atoms with Crippen molar-refractivity contribution in [2.24, 2.45) is 0 Å². The number of benzene rings is 11. The zero-order valence-corrected chi connectivity index (χ0v) is 31.1. The highest BCUT2D eigenvalue weighted by atomic mass is 14.5. The second-order valence-corrected chi connectivity index (χ2v) is 15.8. The van der Waals surface area contributed by atoms with Crippen LogP contribution in [0.1, 0.15) is 22.3 Å². The molecule has 1 spiro atoms. The third kappa shape index (κ3) is 3.97. The van der Waals surface area contributed by atoms with E-state index in [4.69, 9.17) is 0 Å². The molecule has 0 radical (unpaired) electrons. The van der Waals surface area contributed by atoms with Crippen LogP contribution in [0.25, 0.3) is 98.4 Å². The largest absolute Gasteiger partial charge is 0.0726 e. The molecule has 0 N–H and O–H groups in total. The summed E-state index contributed by atoms with van der Waals surface area (Å²) < 4.78 is 0. The predicted octanol–water partition coefficient (Wildman–Crippen LogP) is 15.1. The average Bonchev–Trinajstić information content (AvgIpc) is 3.74. The highest BCUT2D eigenvalue weighted by molar-refractivity contribution is 6.26. The lowest BCUT2D eigenvalue weighted by Gasteiger charge is -2.31. The Morgan fingerprint density at radius 3 is 1.25 bits per heavy atom. The van der Waals surface area contributed by atoms with E-state index in [-0.39, 0.29) is 0 Å². The van der Waals surface area contributed by atoms with Crippen molar-refractivity contribution >= 4 is 53.9 Å². The number of fused-ring (bicyclic) bond motifs is 16. The monoisotopic (exact) mass is 718 g/mol. The van der Waals surface area contributed by atoms with E-state index in [9.17, 15) is 0 Å². The lowest BCUT2D eigenvalue weighted by atomic mass is 9.69. The first-order valence-electron chi connectivity index (χ1n) is 20.0. The van der Waals surface area contributed by atoms with Crippen molar-refractivity contribution in [3.63, 3.8) is 0 Å². The summed E-state index contributed by atoms with van der Waals surface area (Å²) in [6, 6.07) is 77.7. The van der Waals surface area contributed by atoms with Gasteiger partial charge in [-0.3, -0.25) is 0 Å². The van der Waals surface area contributed by atoms with Gasteiger partial charge in [0.05, 0.1) is 5.41 Å². The molecule has 0 saturated heterocycles. The zero-order chi connectivity index (χ0) is 37.2. The van der Waals surface area contributed by atoms with Crippen molar-refractivity contribution in [3.8, 4) is 44.5 Å². The zero-order valence-electron chi connectivity index (χ0n) is 31.1. The topological polar surface area (TPSA) is 0 Å². The van der Waals surface area contributed by atoms with Gasteiger partial charge in [0.1, 0.15) is 0 Å². The Labute approximate surface area is 330 Å². The fraction of sp³-hybridized carbons (Fsp3) is 0.0175. The minimum Gasteiger partial charge on any atom is -0.0619 e. The van der Waals surface area contributed by atoms with Gasteiger partial charge in [0.25, 0.3) is 0 Å². The van der Waals surface area contributed by atoms with Crippen LogP contribution < -0.4 is 0 Å². The third-order valence-electron chi connectivity index (χ3n) is 13.2. The van der Waals surface area contributed by atoms with Crippen LogP contribution in [0.2, 0.25) is 0 Å². The molecular weight excluding hydrogens is 685 g/mol. The molecule has 0 unspecified atom stereocenters. The van der Waals surface area contributed by atoms with Crippen LogP contribution in [0.5, 0.6) is 0 Å². The molecule has 13 rings (SSSR count). The van der Waals surface area contributed by atoms with Crippen molar-refractivity contribution < 1.29 is 0 Å². The van der Waals surface area contributed by atoms with Gasteiger partial charge in [0.2, 0.25) is 0 Å². The molecule has 2 aliphatic rings. The van der Waals surface area contributed by atoms with Crippen LogP contribution in [0.4, 0.5) is 0 Å². The van der Waals surface area contributed by atoms with E-state index in [2.05, 4.69) is 206 Å². The molecule has 0 heteroatoms. The molecular formula is C57H34. The Balaban J connectivity index is 1.22. The fourth-order valence-corrected chi connectivity index (χ4v) is 11.0. The normalized spacial score (nSPS) is 13.4. The van der Waals surface area contributed by atoms with E-state index in [0.29, 0.717) is 0 Å². The molecule has 0 fully saturated rings. The maximum absolute atomic E-state index is 2.60. The molecule has 0 heterocycles. The van der Waals surface area contributed by atoms with Crippen molar-refractivity contribution in [2.75, 3.05) is 0 Å². The first-order chi connectivity index (χ1) is 28.3. The van der Waals surface area contributed by atoms with Gasteiger partial charge in [-0.15, -0.1) is 0 Å². The molecule has 11 aromatic carbocycles.